The van der Waals surface area contributed by atoms with Gasteiger partial charge < -0.3 is 19.9 Å². The lowest BCUT2D eigenvalue weighted by molar-refractivity contribution is -0.274. The molecule has 4 rings (SSSR count). The molecular weight excluding hydrogens is 489 g/mol. The van der Waals surface area contributed by atoms with E-state index in [0.717, 1.165) is 23.2 Å². The van der Waals surface area contributed by atoms with E-state index in [-0.39, 0.29) is 42.6 Å². The molecule has 0 spiro atoms. The molecule has 0 bridgehead atoms. The van der Waals surface area contributed by atoms with Gasteiger partial charge in [-0.15, -0.1) is 13.2 Å². The van der Waals surface area contributed by atoms with E-state index in [9.17, 15) is 31.5 Å². The van der Waals surface area contributed by atoms with Gasteiger partial charge in [-0.3, -0.25) is 9.59 Å². The number of hydrogen-bond acceptors (Lipinski definition) is 6. The molecule has 2 aromatic rings. The summed E-state index contributed by atoms with van der Waals surface area (Å²) in [6.45, 7) is 1.50. The van der Waals surface area contributed by atoms with Gasteiger partial charge >= 0.3 is 6.36 Å². The molecule has 2 aliphatic rings. The summed E-state index contributed by atoms with van der Waals surface area (Å²) in [6.07, 6.45) is -3.05. The Morgan fingerprint density at radius 1 is 1.25 bits per heavy atom. The fourth-order valence-electron chi connectivity index (χ4n) is 4.33. The van der Waals surface area contributed by atoms with E-state index in [1.165, 1.54) is 6.07 Å². The summed E-state index contributed by atoms with van der Waals surface area (Å²) in [7, 11) is 0. The van der Waals surface area contributed by atoms with Crippen LogP contribution in [0.3, 0.4) is 0 Å². The van der Waals surface area contributed by atoms with Crippen LogP contribution in [0.25, 0.3) is 0 Å². The molecule has 2 aliphatic heterocycles. The first-order chi connectivity index (χ1) is 16.9. The lowest BCUT2D eigenvalue weighted by Crippen LogP contribution is -2.55. The van der Waals surface area contributed by atoms with Crippen molar-refractivity contribution in [3.8, 4) is 5.75 Å². The number of anilines is 2. The molecule has 0 aromatic carbocycles. The second-order valence-corrected chi connectivity index (χ2v) is 8.84. The number of alkyl halides is 5. The Kier molecular flexibility index (Phi) is 7.01. The molecule has 0 aliphatic carbocycles. The number of pyridine rings is 2. The zero-order valence-corrected chi connectivity index (χ0v) is 19.3. The Balaban J connectivity index is 1.56. The Morgan fingerprint density at radius 3 is 2.72 bits per heavy atom. The first-order valence-electron chi connectivity index (χ1n) is 11.3. The topological polar surface area (TPSA) is 87.7 Å². The van der Waals surface area contributed by atoms with Crippen molar-refractivity contribution in [2.45, 2.75) is 50.9 Å². The number of aromatic nitrogens is 2. The minimum atomic E-state index is -4.88. The van der Waals surface area contributed by atoms with Gasteiger partial charge in [0.2, 0.25) is 5.91 Å². The van der Waals surface area contributed by atoms with Crippen LogP contribution in [0.1, 0.15) is 41.7 Å². The molecule has 13 heteroatoms. The Hall–Kier alpha value is -3.51. The molecule has 194 valence electrons. The number of halogens is 5. The van der Waals surface area contributed by atoms with Crippen LogP contribution >= 0.6 is 0 Å². The molecule has 36 heavy (non-hydrogen) atoms. The maximum Gasteiger partial charge on any atom is 0.573 e. The van der Waals surface area contributed by atoms with Crippen LogP contribution in [0, 0.1) is 6.92 Å². The molecule has 4 heterocycles. The Morgan fingerprint density at radius 2 is 2.03 bits per heavy atom. The van der Waals surface area contributed by atoms with Crippen LogP contribution in [0.4, 0.5) is 33.6 Å². The van der Waals surface area contributed by atoms with Crippen molar-refractivity contribution in [1.29, 1.82) is 0 Å². The SMILES string of the molecule is Cc1ccc(Nc2cc(OC(F)(F)F)ccn2)nc1C(=O)N1CC(F)(F)CCC1CN1CCCC1=O. The fourth-order valence-corrected chi connectivity index (χ4v) is 4.33. The number of ether oxygens (including phenoxy) is 1. The minimum Gasteiger partial charge on any atom is -0.406 e. The summed E-state index contributed by atoms with van der Waals surface area (Å²) in [5.41, 5.74) is 0.343. The molecule has 2 fully saturated rings. The van der Waals surface area contributed by atoms with Gasteiger partial charge in [0.25, 0.3) is 11.8 Å². The second kappa shape index (κ2) is 9.86. The van der Waals surface area contributed by atoms with Gasteiger partial charge in [0.1, 0.15) is 23.1 Å². The van der Waals surface area contributed by atoms with Crippen LogP contribution in [0.5, 0.6) is 5.75 Å². The van der Waals surface area contributed by atoms with Crippen molar-refractivity contribution in [3.05, 3.63) is 41.7 Å². The average Bonchev–Trinajstić information content (AvgIpc) is 3.19. The van der Waals surface area contributed by atoms with Crippen molar-refractivity contribution in [2.75, 3.05) is 25.0 Å². The smallest absolute Gasteiger partial charge is 0.406 e. The highest BCUT2D eigenvalue weighted by Gasteiger charge is 2.44. The number of piperidine rings is 1. The zero-order chi connectivity index (χ0) is 26.1. The third kappa shape index (κ3) is 6.18. The number of hydrogen-bond donors (Lipinski definition) is 1. The van der Waals surface area contributed by atoms with Gasteiger partial charge in [-0.1, -0.05) is 6.07 Å². The van der Waals surface area contributed by atoms with Crippen molar-refractivity contribution < 1.29 is 36.3 Å². The third-order valence-electron chi connectivity index (χ3n) is 6.07. The summed E-state index contributed by atoms with van der Waals surface area (Å²) in [6, 6.07) is 4.47. The molecule has 2 aromatic heterocycles. The number of amides is 2. The largest absolute Gasteiger partial charge is 0.573 e. The predicted octanol–water partition coefficient (Wildman–Crippen LogP) is 4.29. The van der Waals surface area contributed by atoms with Crippen molar-refractivity contribution in [1.82, 2.24) is 19.8 Å². The minimum absolute atomic E-state index is 0.0265. The molecule has 1 unspecified atom stereocenters. The van der Waals surface area contributed by atoms with Crippen LogP contribution in [-0.2, 0) is 4.79 Å². The fraction of sp³-hybridized carbons (Fsp3) is 0.478. The Labute approximate surface area is 203 Å². The number of carbonyl (C=O) groups excluding carboxylic acids is 2. The highest BCUT2D eigenvalue weighted by molar-refractivity contribution is 5.94. The summed E-state index contributed by atoms with van der Waals surface area (Å²) in [4.78, 5) is 36.3. The molecule has 8 nitrogen and oxygen atoms in total. The highest BCUT2D eigenvalue weighted by Crippen LogP contribution is 2.33. The first-order valence-corrected chi connectivity index (χ1v) is 11.3. The van der Waals surface area contributed by atoms with Crippen LogP contribution < -0.4 is 10.1 Å². The summed E-state index contributed by atoms with van der Waals surface area (Å²) in [5.74, 6) is -4.30. The number of likely N-dealkylation sites (tertiary alicyclic amines) is 2. The lowest BCUT2D eigenvalue weighted by atomic mass is 9.97. The second-order valence-electron chi connectivity index (χ2n) is 8.84. The average molecular weight is 513 g/mol. The molecule has 0 saturated carbocycles. The number of carbonyl (C=O) groups is 2. The van der Waals surface area contributed by atoms with Crippen molar-refractivity contribution in [3.63, 3.8) is 0 Å². The number of rotatable bonds is 6. The van der Waals surface area contributed by atoms with E-state index in [2.05, 4.69) is 20.0 Å². The van der Waals surface area contributed by atoms with Gasteiger partial charge in [0.15, 0.2) is 0 Å². The van der Waals surface area contributed by atoms with Gasteiger partial charge in [-0.05, 0) is 37.5 Å². The number of nitrogens with one attached hydrogen (secondary N) is 1. The molecule has 1 atom stereocenters. The van der Waals surface area contributed by atoms with E-state index in [4.69, 9.17) is 0 Å². The quantitative estimate of drug-likeness (QED) is 0.580. The highest BCUT2D eigenvalue weighted by atomic mass is 19.4. The maximum absolute atomic E-state index is 14.3. The predicted molar refractivity (Wildman–Crippen MR) is 118 cm³/mol. The first kappa shape index (κ1) is 25.6. The number of nitrogens with zero attached hydrogens (tertiary/aromatic N) is 4. The number of aryl methyl sites for hydroxylation is 1. The molecule has 2 amide bonds. The van der Waals surface area contributed by atoms with Crippen molar-refractivity contribution >= 4 is 23.5 Å². The van der Waals surface area contributed by atoms with E-state index >= 15 is 0 Å². The molecule has 1 N–H and O–H groups in total. The van der Waals surface area contributed by atoms with Crippen LogP contribution in [0.2, 0.25) is 0 Å². The summed E-state index contributed by atoms with van der Waals surface area (Å²) in [5, 5.41) is 2.71. The molecule has 0 radical (unpaired) electrons. The van der Waals surface area contributed by atoms with Gasteiger partial charge in [0, 0.05) is 38.2 Å². The molecular formula is C23H24F5N5O3. The van der Waals surface area contributed by atoms with E-state index in [0.29, 0.717) is 24.9 Å². The van der Waals surface area contributed by atoms with Crippen molar-refractivity contribution in [2.24, 2.45) is 0 Å². The third-order valence-corrected chi connectivity index (χ3v) is 6.07. The molecule has 2 saturated heterocycles. The van der Waals surface area contributed by atoms with E-state index in [1.54, 1.807) is 17.9 Å². The normalized spacial score (nSPS) is 19.9. The zero-order valence-electron chi connectivity index (χ0n) is 19.3. The van der Waals surface area contributed by atoms with Gasteiger partial charge in [-0.25, -0.2) is 18.7 Å². The lowest BCUT2D eigenvalue weighted by Gasteiger charge is -2.41. The van der Waals surface area contributed by atoms with Gasteiger partial charge in [0.05, 0.1) is 12.6 Å². The monoisotopic (exact) mass is 513 g/mol. The van der Waals surface area contributed by atoms with E-state index < -0.39 is 36.5 Å². The van der Waals surface area contributed by atoms with Crippen LogP contribution in [-0.4, -0.2) is 69.5 Å². The maximum atomic E-state index is 14.3. The summed E-state index contributed by atoms with van der Waals surface area (Å²) < 4.78 is 70.0. The Bertz CT molecular complexity index is 1140. The van der Waals surface area contributed by atoms with E-state index in [1.807, 2.05) is 0 Å². The summed E-state index contributed by atoms with van der Waals surface area (Å²) >= 11 is 0. The van der Waals surface area contributed by atoms with Crippen LogP contribution in [0.15, 0.2) is 30.5 Å². The van der Waals surface area contributed by atoms with Gasteiger partial charge in [-0.2, -0.15) is 0 Å². The standard InChI is InChI=1S/C23H24F5N5O3/c1-14-4-5-17(30-18-11-16(7-9-29-18)36-23(26,27)28)31-20(14)21(35)33-13-22(24,25)8-6-15(33)12-32-10-2-3-19(32)34/h4-5,7,9,11,15H,2-3,6,8,10,12-13H2,1H3,(H,29,30,31).